The molecule has 0 amide bonds. The largest absolute Gasteiger partial charge is 0.368 e. The van der Waals surface area contributed by atoms with Gasteiger partial charge >= 0.3 is 0 Å². The molecule has 0 unspecified atom stereocenters. The zero-order valence-corrected chi connectivity index (χ0v) is 20.3. The second kappa shape index (κ2) is 7.81. The van der Waals surface area contributed by atoms with E-state index in [1.54, 1.807) is 6.20 Å². The highest BCUT2D eigenvalue weighted by Crippen LogP contribution is 2.45. The van der Waals surface area contributed by atoms with Crippen molar-refractivity contribution >= 4 is 38.2 Å². The normalized spacial score (nSPS) is 19.7. The van der Waals surface area contributed by atoms with E-state index in [2.05, 4.69) is 34.4 Å². The van der Waals surface area contributed by atoms with Crippen LogP contribution in [0.4, 0.5) is 26.1 Å². The molecule has 6 rings (SSSR count). The Kier molecular flexibility index (Phi) is 5.03. The van der Waals surface area contributed by atoms with Gasteiger partial charge < -0.3 is 10.2 Å². The number of hydrogen-bond donors (Lipinski definition) is 1. The van der Waals surface area contributed by atoms with Crippen molar-refractivity contribution in [3.63, 3.8) is 0 Å². The van der Waals surface area contributed by atoms with Crippen molar-refractivity contribution in [1.82, 2.24) is 19.2 Å². The Labute approximate surface area is 204 Å². The molecule has 0 atom stereocenters. The van der Waals surface area contributed by atoms with E-state index < -0.39 is 16.4 Å². The molecule has 4 heterocycles. The molecule has 3 aliphatic heterocycles. The summed E-state index contributed by atoms with van der Waals surface area (Å²) in [5, 5.41) is 3.81. The summed E-state index contributed by atoms with van der Waals surface area (Å²) >= 11 is 0. The molecule has 186 valence electrons. The number of benzene rings is 2. The number of aromatic nitrogens is 2. The number of hydrogen-bond acceptors (Lipinski definition) is 7. The van der Waals surface area contributed by atoms with Crippen LogP contribution in [0, 0.1) is 5.41 Å². The quantitative estimate of drug-likeness (QED) is 0.571. The molecule has 8 nitrogen and oxygen atoms in total. The monoisotopic (exact) mass is 502 g/mol. The van der Waals surface area contributed by atoms with Gasteiger partial charge in [0.15, 0.2) is 0 Å². The molecular formula is C24H28F2N6O2S. The van der Waals surface area contributed by atoms with Crippen LogP contribution >= 0.6 is 0 Å². The average Bonchev–Trinajstić information content (AvgIpc) is 3.10. The topological polar surface area (TPSA) is 81.7 Å². The highest BCUT2D eigenvalue weighted by molar-refractivity contribution is 7.88. The molecule has 0 radical (unpaired) electrons. The predicted octanol–water partition coefficient (Wildman–Crippen LogP) is 3.58. The zero-order valence-electron chi connectivity index (χ0n) is 19.5. The van der Waals surface area contributed by atoms with Gasteiger partial charge in [-0.25, -0.2) is 31.5 Å². The Morgan fingerprint density at radius 2 is 1.83 bits per heavy atom. The summed E-state index contributed by atoms with van der Waals surface area (Å²) in [6, 6.07) is 9.12. The third-order valence-corrected chi connectivity index (χ3v) is 8.36. The molecule has 1 aromatic heterocycles. The summed E-state index contributed by atoms with van der Waals surface area (Å²) in [4.78, 5) is 13.3. The van der Waals surface area contributed by atoms with Crippen LogP contribution < -0.4 is 10.2 Å². The van der Waals surface area contributed by atoms with Gasteiger partial charge in [0.05, 0.1) is 17.5 Å². The SMILES string of the molecule is CN1Cc2ccc(Nc3ncc4cc(C(F)F)cc(N5CC6(C5)CN(S(C)(=O)=O)C6)c4n3)cc2C1.[HH]. The molecule has 11 heteroatoms. The molecule has 2 saturated heterocycles. The second-order valence-electron chi connectivity index (χ2n) is 10.1. The molecule has 1 spiro atoms. The van der Waals surface area contributed by atoms with E-state index >= 15 is 0 Å². The van der Waals surface area contributed by atoms with Crippen molar-refractivity contribution in [2.45, 2.75) is 19.5 Å². The summed E-state index contributed by atoms with van der Waals surface area (Å²) in [5.74, 6) is 0.400. The van der Waals surface area contributed by atoms with E-state index in [-0.39, 0.29) is 12.4 Å². The lowest BCUT2D eigenvalue weighted by Gasteiger charge is -2.60. The summed E-state index contributed by atoms with van der Waals surface area (Å²) in [6.07, 6.45) is 0.173. The van der Waals surface area contributed by atoms with Crippen LogP contribution in [0.3, 0.4) is 0 Å². The fraction of sp³-hybridized carbons (Fsp3) is 0.417. The fourth-order valence-corrected chi connectivity index (χ4v) is 6.44. The Morgan fingerprint density at radius 1 is 1.09 bits per heavy atom. The number of halogens is 2. The molecule has 35 heavy (non-hydrogen) atoms. The number of rotatable bonds is 5. The number of anilines is 3. The van der Waals surface area contributed by atoms with Crippen LogP contribution in [0.25, 0.3) is 10.9 Å². The van der Waals surface area contributed by atoms with Crippen molar-refractivity contribution in [2.75, 3.05) is 49.7 Å². The van der Waals surface area contributed by atoms with E-state index in [0.29, 0.717) is 48.7 Å². The van der Waals surface area contributed by atoms with Gasteiger partial charge in [0.2, 0.25) is 16.0 Å². The number of nitrogens with zero attached hydrogens (tertiary/aromatic N) is 5. The maximum Gasteiger partial charge on any atom is 0.263 e. The first-order chi connectivity index (χ1) is 16.6. The summed E-state index contributed by atoms with van der Waals surface area (Å²) in [5.41, 5.74) is 4.46. The zero-order chi connectivity index (χ0) is 24.5. The average molecular weight is 503 g/mol. The Morgan fingerprint density at radius 3 is 2.54 bits per heavy atom. The summed E-state index contributed by atoms with van der Waals surface area (Å²) in [6.45, 7) is 3.95. The standard InChI is InChI=1S/C24H26F2N6O2S.H2/c1-30-9-15-3-4-19(6-18(15)10-30)28-23-27-8-17-5-16(22(25)26)7-20(21(17)29-23)31-11-24(12-31)13-32(14-24)35(2,33)34;/h3-8,22H,9-14H2,1-2H3,(H,27,28,29);1H. The van der Waals surface area contributed by atoms with E-state index in [0.717, 1.165) is 18.8 Å². The second-order valence-corrected chi connectivity index (χ2v) is 12.1. The Bertz CT molecular complexity index is 1440. The third-order valence-electron chi connectivity index (χ3n) is 7.17. The van der Waals surface area contributed by atoms with Gasteiger partial charge in [0.1, 0.15) is 0 Å². The molecular weight excluding hydrogens is 474 g/mol. The number of nitrogens with one attached hydrogen (secondary N) is 1. The van der Waals surface area contributed by atoms with Crippen molar-refractivity contribution in [1.29, 1.82) is 0 Å². The van der Waals surface area contributed by atoms with E-state index in [4.69, 9.17) is 4.98 Å². The van der Waals surface area contributed by atoms with E-state index in [1.807, 2.05) is 11.0 Å². The first-order valence-corrected chi connectivity index (χ1v) is 13.3. The van der Waals surface area contributed by atoms with Crippen LogP contribution in [-0.2, 0) is 23.1 Å². The molecule has 0 bridgehead atoms. The maximum absolute atomic E-state index is 13.6. The van der Waals surface area contributed by atoms with E-state index in [9.17, 15) is 17.2 Å². The summed E-state index contributed by atoms with van der Waals surface area (Å²) < 4.78 is 52.2. The van der Waals surface area contributed by atoms with Gasteiger partial charge in [-0.15, -0.1) is 0 Å². The van der Waals surface area contributed by atoms with Crippen molar-refractivity contribution < 1.29 is 18.6 Å². The van der Waals surface area contributed by atoms with E-state index in [1.165, 1.54) is 33.8 Å². The molecule has 2 aromatic carbocycles. The lowest BCUT2D eigenvalue weighted by atomic mass is 9.74. The lowest BCUT2D eigenvalue weighted by Crippen LogP contribution is -2.72. The summed E-state index contributed by atoms with van der Waals surface area (Å²) in [7, 11) is -1.13. The van der Waals surface area contributed by atoms with Crippen molar-refractivity contribution in [2.24, 2.45) is 5.41 Å². The van der Waals surface area contributed by atoms with Crippen LogP contribution in [0.2, 0.25) is 0 Å². The van der Waals surface area contributed by atoms with Gasteiger partial charge in [-0.05, 0) is 42.4 Å². The van der Waals surface area contributed by atoms with Crippen LogP contribution in [0.15, 0.2) is 36.5 Å². The third kappa shape index (κ3) is 4.01. The predicted molar refractivity (Wildman–Crippen MR) is 133 cm³/mol. The Hall–Kier alpha value is -2.89. The van der Waals surface area contributed by atoms with Gasteiger partial charge in [-0.2, -0.15) is 0 Å². The minimum Gasteiger partial charge on any atom is -0.368 e. The number of sulfonamides is 1. The minimum absolute atomic E-state index is 0. The molecule has 2 fully saturated rings. The minimum atomic E-state index is -3.21. The van der Waals surface area contributed by atoms with Crippen LogP contribution in [0.5, 0.6) is 0 Å². The van der Waals surface area contributed by atoms with Crippen molar-refractivity contribution in [3.05, 3.63) is 53.2 Å². The highest BCUT2D eigenvalue weighted by atomic mass is 32.2. The van der Waals surface area contributed by atoms with Gasteiger partial charge in [-0.1, -0.05) is 6.07 Å². The van der Waals surface area contributed by atoms with Crippen molar-refractivity contribution in [3.8, 4) is 0 Å². The number of fused-ring (bicyclic) bond motifs is 2. The Balaban J connectivity index is 0.00000267. The molecule has 3 aliphatic rings. The van der Waals surface area contributed by atoms with Crippen LogP contribution in [0.1, 0.15) is 24.5 Å². The molecule has 1 N–H and O–H groups in total. The smallest absolute Gasteiger partial charge is 0.263 e. The lowest BCUT2D eigenvalue weighted by molar-refractivity contribution is 0.0402. The first kappa shape index (κ1) is 22.6. The van der Waals surface area contributed by atoms with Gasteiger partial charge in [-0.3, -0.25) is 4.90 Å². The highest BCUT2D eigenvalue weighted by Gasteiger charge is 2.54. The number of alkyl halides is 2. The fourth-order valence-electron chi connectivity index (χ4n) is 5.42. The maximum atomic E-state index is 13.6. The first-order valence-electron chi connectivity index (χ1n) is 11.4. The van der Waals surface area contributed by atoms with Gasteiger partial charge in [0, 0.05) is 68.9 Å². The molecule has 0 aliphatic carbocycles. The van der Waals surface area contributed by atoms with Crippen LogP contribution in [-0.4, -0.2) is 67.1 Å². The molecule has 0 saturated carbocycles. The van der Waals surface area contributed by atoms with Gasteiger partial charge in [0.25, 0.3) is 6.43 Å². The molecule has 3 aromatic rings.